The number of aromatic carboxylic acids is 1. The van der Waals surface area contributed by atoms with Gasteiger partial charge in [-0.2, -0.15) is 8.78 Å². The number of benzene rings is 8. The molecule has 41 heteroatoms. The van der Waals surface area contributed by atoms with E-state index in [1.165, 1.54) is 47.7 Å². The number of ether oxygens (including phenoxy) is 7. The standard InChI is InChI=1S/C20H15Cl2N3O3.C19H13Cl2N3O3.C12H6Cl2N2O2.C9H8N2O2.C8H10ClNO.C6HF5O.C4H5ClO3.Li.H2O/c1-23-12-5-6-15-13(9-12)18(17(19(22)25-15)20(26)28-3)24-10-11-4-7-16(27-2)14(21)8-11;1-22-11-4-5-14-12(8-11)17(16(19(25)26)18(21)24-14)23-9-10-3-6-15(27-2)13(20)7-10;1-15-6-3-4-8-7(5-6)10(13)9(11(14)16-8)12(17)18-2;1-11-6-3-4-8(10)7(5-6)9(12)13-2;1-11-8-3-2-6(5-10)4-7(8)9;7-1-2(8)4(10)6(12)5(11)3(1)9;1-8-4(7)2-3(5)6;;/h4-9H,10H2,2-3H3,(H,24,25);3-8H,9H2,2H3,(H,23,24)(H,25,26);3-5H,2H3;3-5H,10H2,2H3;2-4H,5,10H2,1H3;12H;2H2,1H3;;1H2/q;;;;;;;+1;/p-1. The van der Waals surface area contributed by atoms with Crippen molar-refractivity contribution in [1.82, 2.24) is 15.0 Å². The fourth-order valence-electron chi connectivity index (χ4n) is 9.50. The third-order valence-electron chi connectivity index (χ3n) is 15.2. The van der Waals surface area contributed by atoms with E-state index >= 15 is 0 Å². The van der Waals surface area contributed by atoms with Gasteiger partial charge in [0.1, 0.15) is 55.8 Å². The van der Waals surface area contributed by atoms with Gasteiger partial charge in [0.2, 0.25) is 34.3 Å². The molecule has 3 heterocycles. The van der Waals surface area contributed by atoms with E-state index in [2.05, 4.69) is 59.2 Å². The van der Waals surface area contributed by atoms with Crippen molar-refractivity contribution in [2.24, 2.45) is 5.73 Å². The first kappa shape index (κ1) is 101. The van der Waals surface area contributed by atoms with Gasteiger partial charge in [-0.3, -0.25) is 9.59 Å². The number of nitrogen functional groups attached to an aromatic ring is 1. The molecule has 0 saturated carbocycles. The summed E-state index contributed by atoms with van der Waals surface area (Å²) in [5.74, 6) is -14.8. The SMILES string of the molecule is COC(=O)CC(=O)Cl.COc1ccc(CN)cc1Cl.Oc1c(F)c(F)c(F)c(F)c1F.[C-]#[N+]c1ccc(N)c(C(=O)OC)c1.[C-]#[N+]c1ccc2nc(Cl)c(C(=O)O)c(NCc3ccc(OC)c(Cl)c3)c2c1.[C-]#[N+]c1ccc2nc(Cl)c(C(=O)OC)c(Cl)c2c1.[C-]#[N+]c1ccc2nc(Cl)c(C(=O)OC)c(NCc3ccc(OC)c(Cl)c3)c2c1.[Li+].[OH-]. The Kier molecular flexibility index (Phi) is 41.4. The molecule has 0 aliphatic carbocycles. The minimum atomic E-state index is -2.29. The molecule has 9 N–H and O–H groups in total. The van der Waals surface area contributed by atoms with Crippen molar-refractivity contribution in [3.8, 4) is 23.0 Å². The maximum absolute atomic E-state index is 12.3. The maximum Gasteiger partial charge on any atom is 1.00 e. The van der Waals surface area contributed by atoms with Gasteiger partial charge in [0.05, 0.1) is 130 Å². The zero-order valence-electron chi connectivity index (χ0n) is 62.8. The van der Waals surface area contributed by atoms with Gasteiger partial charge in [-0.1, -0.05) is 124 Å². The summed E-state index contributed by atoms with van der Waals surface area (Å²) in [5.41, 5.74) is 18.0. The number of esters is 4. The topological polar surface area (TPSA) is 370 Å². The third kappa shape index (κ3) is 27.3. The number of methoxy groups -OCH3 is 7. The number of phenols is 1. The maximum atomic E-state index is 12.3. The van der Waals surface area contributed by atoms with Gasteiger partial charge >= 0.3 is 48.7 Å². The van der Waals surface area contributed by atoms with Crippen LogP contribution in [0, 0.1) is 55.4 Å². The number of anilines is 3. The molecule has 0 unspecified atom stereocenters. The van der Waals surface area contributed by atoms with Crippen LogP contribution in [-0.4, -0.2) is 115 Å². The normalized spacial score (nSPS) is 9.82. The molecule has 8 aromatic carbocycles. The van der Waals surface area contributed by atoms with Crippen LogP contribution in [0.3, 0.4) is 0 Å². The fraction of sp³-hybridized carbons (Fsp3) is 0.141. The molecule has 0 aliphatic rings. The van der Waals surface area contributed by atoms with Crippen LogP contribution in [-0.2, 0) is 48.2 Å². The van der Waals surface area contributed by atoms with Crippen LogP contribution >= 0.6 is 92.8 Å². The van der Waals surface area contributed by atoms with Gasteiger partial charge in [0, 0.05) is 41.5 Å². The fourth-order valence-corrected chi connectivity index (χ4v) is 11.6. The van der Waals surface area contributed by atoms with Crippen molar-refractivity contribution in [1.29, 1.82) is 0 Å². The molecule has 119 heavy (non-hydrogen) atoms. The number of carbonyl (C=O) groups is 6. The monoisotopic (exact) mass is 1790 g/mol. The van der Waals surface area contributed by atoms with Gasteiger partial charge in [-0.25, -0.2) is 66.7 Å². The number of fused-ring (bicyclic) bond motifs is 3. The predicted molar refractivity (Wildman–Crippen MR) is 436 cm³/mol. The summed E-state index contributed by atoms with van der Waals surface area (Å²) in [6.07, 6.45) is -0.349. The van der Waals surface area contributed by atoms with Gasteiger partial charge in [-0.05, 0) is 113 Å². The Bertz CT molecular complexity index is 5710. The van der Waals surface area contributed by atoms with E-state index in [4.69, 9.17) is 155 Å². The molecule has 0 radical (unpaired) electrons. The summed E-state index contributed by atoms with van der Waals surface area (Å²) in [6, 6.07) is 35.2. The van der Waals surface area contributed by atoms with Gasteiger partial charge in [0.15, 0.2) is 28.5 Å². The van der Waals surface area contributed by atoms with Gasteiger partial charge in [0.25, 0.3) is 0 Å². The molecule has 3 aromatic heterocycles. The van der Waals surface area contributed by atoms with E-state index in [1.807, 2.05) is 24.3 Å². The van der Waals surface area contributed by atoms with Gasteiger partial charge in [-0.15, -0.1) is 0 Å². The number of carbonyl (C=O) groups excluding carboxylic acids is 5. The van der Waals surface area contributed by atoms with E-state index in [-0.39, 0.29) is 73.5 Å². The summed E-state index contributed by atoms with van der Waals surface area (Å²) < 4.78 is 94.0. The number of nitrogens with one attached hydrogen (secondary N) is 2. The molecule has 11 rings (SSSR count). The largest absolute Gasteiger partial charge is 1.00 e. The average Bonchev–Trinajstić information content (AvgIpc) is 0.762. The molecule has 0 atom stereocenters. The number of rotatable bonds is 16. The van der Waals surface area contributed by atoms with E-state index < -0.39 is 69.9 Å². The minimum Gasteiger partial charge on any atom is -0.870 e. The number of aromatic hydroxyl groups is 1. The van der Waals surface area contributed by atoms with Crippen molar-refractivity contribution in [2.75, 3.05) is 66.1 Å². The number of carboxylic acid groups (broad SMARTS) is 1. The number of nitrogens with two attached hydrogens (primary N) is 2. The van der Waals surface area contributed by atoms with Crippen LogP contribution in [0.5, 0.6) is 23.0 Å². The summed E-state index contributed by atoms with van der Waals surface area (Å²) >= 11 is 47.3. The number of phenolic OH excluding ortho intramolecular Hbond substituents is 1. The number of halogens is 13. The average molecular weight is 1790 g/mol. The second-order valence-corrected chi connectivity index (χ2v) is 25.4. The molecule has 0 spiro atoms. The van der Waals surface area contributed by atoms with Crippen LogP contribution in [0.25, 0.3) is 52.1 Å². The Morgan fingerprint density at radius 3 is 1.17 bits per heavy atom. The number of hydrogen-bond acceptors (Lipinski definition) is 22. The minimum absolute atomic E-state index is 0. The number of hydrogen-bond donors (Lipinski definition) is 6. The van der Waals surface area contributed by atoms with Crippen molar-refractivity contribution in [3.63, 3.8) is 0 Å². The molecule has 11 aromatic rings. The van der Waals surface area contributed by atoms with Gasteiger partial charge < -0.3 is 70.9 Å². The second-order valence-electron chi connectivity index (χ2n) is 22.3. The zero-order valence-corrected chi connectivity index (χ0v) is 68.8. The van der Waals surface area contributed by atoms with Crippen molar-refractivity contribution in [3.05, 3.63) is 277 Å². The second kappa shape index (κ2) is 48.7. The first-order valence-corrected chi connectivity index (χ1v) is 35.2. The molecule has 0 amide bonds. The number of nitrogens with zero attached hydrogens (tertiary/aromatic N) is 7. The van der Waals surface area contributed by atoms with Crippen LogP contribution in [0.15, 0.2) is 127 Å². The van der Waals surface area contributed by atoms with Crippen molar-refractivity contribution >= 4 is 200 Å². The van der Waals surface area contributed by atoms with Crippen LogP contribution < -0.4 is 55.2 Å². The molecule has 0 bridgehead atoms. The Morgan fingerprint density at radius 1 is 0.462 bits per heavy atom. The molecule has 614 valence electrons. The molecule has 0 saturated heterocycles. The Morgan fingerprint density at radius 2 is 0.807 bits per heavy atom. The quantitative estimate of drug-likeness (QED) is 0.00447. The number of aromatic nitrogens is 3. The Hall–Kier alpha value is -11.9. The Balaban J connectivity index is 0.000000373. The van der Waals surface area contributed by atoms with Crippen molar-refractivity contribution < 1.29 is 118 Å². The van der Waals surface area contributed by atoms with E-state index in [9.17, 15) is 55.8 Å². The Labute approximate surface area is 726 Å². The summed E-state index contributed by atoms with van der Waals surface area (Å²) in [5, 5.41) is 26.6. The smallest absolute Gasteiger partial charge is 0.870 e. The summed E-state index contributed by atoms with van der Waals surface area (Å²) in [4.78, 5) is 92.4. The van der Waals surface area contributed by atoms with Crippen molar-refractivity contribution in [2.45, 2.75) is 26.1 Å². The molecule has 0 fully saturated rings. The van der Waals surface area contributed by atoms with Crippen LogP contribution in [0.4, 0.5) is 61.8 Å². The molecular formula is C78H59Cl8F5LiN11O16. The van der Waals surface area contributed by atoms with Crippen LogP contribution in [0.2, 0.25) is 35.5 Å². The van der Waals surface area contributed by atoms with E-state index in [0.717, 1.165) is 16.7 Å². The van der Waals surface area contributed by atoms with Crippen LogP contribution in [0.1, 0.15) is 64.5 Å². The molecule has 27 nitrogen and oxygen atoms in total. The first-order valence-electron chi connectivity index (χ1n) is 32.1. The number of carboxylic acids is 1. The third-order valence-corrected chi connectivity index (χ3v) is 17.4. The number of pyridine rings is 3. The summed E-state index contributed by atoms with van der Waals surface area (Å²) in [6.45, 7) is 29.3. The first-order chi connectivity index (χ1) is 55.6. The van der Waals surface area contributed by atoms with E-state index in [1.54, 1.807) is 105 Å². The van der Waals surface area contributed by atoms with E-state index in [0.29, 0.717) is 124 Å². The predicted octanol–water partition coefficient (Wildman–Crippen LogP) is 17.4. The summed E-state index contributed by atoms with van der Waals surface area (Å²) in [7, 11) is 9.62. The zero-order chi connectivity index (χ0) is 87.2. The molecule has 0 aliphatic heterocycles. The molecular weight excluding hydrogens is 1730 g/mol.